The number of anilines is 1. The highest BCUT2D eigenvalue weighted by Crippen LogP contribution is 2.22. The Morgan fingerprint density at radius 3 is 2.37 bits per heavy atom. The lowest BCUT2D eigenvalue weighted by Gasteiger charge is -2.32. The van der Waals surface area contributed by atoms with Crippen LogP contribution in [0.2, 0.25) is 0 Å². The van der Waals surface area contributed by atoms with Crippen LogP contribution in [-0.4, -0.2) is 69.8 Å². The number of hydrogen-bond donors (Lipinski definition) is 2. The van der Waals surface area contributed by atoms with Crippen LogP contribution in [0.3, 0.4) is 0 Å². The maximum Gasteiger partial charge on any atom is 0.243 e. The van der Waals surface area contributed by atoms with Crippen LogP contribution in [0.15, 0.2) is 29.2 Å². The molecule has 10 heteroatoms. The largest absolute Gasteiger partial charge is 0.326 e. The van der Waals surface area contributed by atoms with E-state index in [1.165, 1.54) is 4.31 Å². The molecule has 3 rings (SSSR count). The van der Waals surface area contributed by atoms with Gasteiger partial charge in [-0.1, -0.05) is 13.0 Å². The monoisotopic (exact) mass is 438 g/mol. The van der Waals surface area contributed by atoms with Crippen molar-refractivity contribution in [2.75, 3.05) is 51.6 Å². The van der Waals surface area contributed by atoms with Crippen LogP contribution in [0.25, 0.3) is 0 Å². The Morgan fingerprint density at radius 1 is 1.19 bits per heavy atom. The van der Waals surface area contributed by atoms with E-state index < -0.39 is 10.0 Å². The second kappa shape index (κ2) is 10.0. The molecule has 2 heterocycles. The third-order valence-corrected chi connectivity index (χ3v) is 7.03. The van der Waals surface area contributed by atoms with E-state index in [0.717, 1.165) is 26.2 Å². The van der Waals surface area contributed by atoms with Crippen molar-refractivity contribution in [3.05, 3.63) is 24.3 Å². The summed E-state index contributed by atoms with van der Waals surface area (Å²) < 4.78 is 27.1. The molecule has 2 aliphatic rings. The predicted octanol–water partition coefficient (Wildman–Crippen LogP) is 1.26. The van der Waals surface area contributed by atoms with Gasteiger partial charge in [0, 0.05) is 37.8 Å². The van der Waals surface area contributed by atoms with Gasteiger partial charge in [-0.2, -0.15) is 4.31 Å². The number of amides is 1. The number of hydrogen-bond acceptors (Lipinski definition) is 5. The van der Waals surface area contributed by atoms with Crippen LogP contribution in [0.4, 0.5) is 5.69 Å². The van der Waals surface area contributed by atoms with Gasteiger partial charge in [-0.05, 0) is 44.3 Å². The highest BCUT2D eigenvalue weighted by atomic mass is 35.5. The quantitative estimate of drug-likeness (QED) is 0.722. The van der Waals surface area contributed by atoms with Crippen LogP contribution in [0, 0.1) is 11.8 Å². The molecule has 2 fully saturated rings. The summed E-state index contributed by atoms with van der Waals surface area (Å²) in [6.07, 6.45) is 0. The number of sulfonamides is 1. The van der Waals surface area contributed by atoms with Crippen molar-refractivity contribution in [3.8, 4) is 0 Å². The summed E-state index contributed by atoms with van der Waals surface area (Å²) in [4.78, 5) is 14.7. The molecule has 0 spiro atoms. The van der Waals surface area contributed by atoms with Crippen molar-refractivity contribution in [2.24, 2.45) is 11.8 Å². The van der Waals surface area contributed by atoms with Gasteiger partial charge in [-0.3, -0.25) is 4.79 Å². The average molecular weight is 439 g/mol. The van der Waals surface area contributed by atoms with Crippen molar-refractivity contribution in [3.63, 3.8) is 0 Å². The van der Waals surface area contributed by atoms with Crippen LogP contribution in [-0.2, 0) is 14.8 Å². The Balaban J connectivity index is 0.00000182. The minimum Gasteiger partial charge on any atom is -0.326 e. The summed E-state index contributed by atoms with van der Waals surface area (Å²) in [5.74, 6) is 0.178. The topological polar surface area (TPSA) is 81.8 Å². The molecule has 0 radical (unpaired) electrons. The zero-order valence-corrected chi connectivity index (χ0v) is 18.0. The number of benzene rings is 1. The second-order valence-electron chi connectivity index (χ2n) is 6.93. The lowest BCUT2D eigenvalue weighted by molar-refractivity contribution is -0.121. The molecule has 1 aromatic rings. The van der Waals surface area contributed by atoms with Gasteiger partial charge >= 0.3 is 0 Å². The molecule has 27 heavy (non-hydrogen) atoms. The molecule has 0 aliphatic carbocycles. The van der Waals surface area contributed by atoms with Crippen molar-refractivity contribution in [1.29, 1.82) is 0 Å². The number of halogens is 2. The van der Waals surface area contributed by atoms with Gasteiger partial charge in [-0.25, -0.2) is 8.42 Å². The number of likely N-dealkylation sites (N-methyl/N-ethyl adjacent to an activating group) is 1. The van der Waals surface area contributed by atoms with Crippen LogP contribution in [0.5, 0.6) is 0 Å². The van der Waals surface area contributed by atoms with E-state index in [1.807, 2.05) is 14.0 Å². The normalized spacial score (nSPS) is 19.9. The molecule has 1 unspecified atom stereocenters. The van der Waals surface area contributed by atoms with Crippen molar-refractivity contribution >= 4 is 46.4 Å². The lowest BCUT2D eigenvalue weighted by Crippen LogP contribution is -2.48. The zero-order chi connectivity index (χ0) is 18.0. The van der Waals surface area contributed by atoms with E-state index in [9.17, 15) is 13.2 Å². The molecule has 0 saturated carbocycles. The average Bonchev–Trinajstić information content (AvgIpc) is 2.54. The molecule has 0 aromatic heterocycles. The summed E-state index contributed by atoms with van der Waals surface area (Å²) in [5.41, 5.74) is 0.527. The molecule has 2 N–H and O–H groups in total. The van der Waals surface area contributed by atoms with Gasteiger partial charge in [0.15, 0.2) is 0 Å². The number of nitrogens with zero attached hydrogens (tertiary/aromatic N) is 2. The SMILES string of the molecule is CC(C(=O)Nc1cccc(S(=O)(=O)N2CCN(C)CC2)c1)C1CNC1.Cl.Cl. The van der Waals surface area contributed by atoms with Gasteiger partial charge in [0.25, 0.3) is 0 Å². The Hall–Kier alpha value is -0.900. The molecule has 7 nitrogen and oxygen atoms in total. The highest BCUT2D eigenvalue weighted by molar-refractivity contribution is 7.89. The molecule has 154 valence electrons. The van der Waals surface area contributed by atoms with Crippen LogP contribution < -0.4 is 10.6 Å². The number of piperazine rings is 1. The minimum atomic E-state index is -3.53. The Labute approximate surface area is 173 Å². The number of carbonyl (C=O) groups excluding carboxylic acids is 1. The number of rotatable bonds is 5. The Kier molecular flexibility index (Phi) is 8.98. The van der Waals surface area contributed by atoms with Crippen molar-refractivity contribution < 1.29 is 13.2 Å². The third-order valence-electron chi connectivity index (χ3n) is 5.14. The highest BCUT2D eigenvalue weighted by Gasteiger charge is 2.30. The Morgan fingerprint density at radius 2 is 1.81 bits per heavy atom. The fourth-order valence-electron chi connectivity index (χ4n) is 3.05. The van der Waals surface area contributed by atoms with Crippen molar-refractivity contribution in [1.82, 2.24) is 14.5 Å². The lowest BCUT2D eigenvalue weighted by atomic mass is 9.88. The minimum absolute atomic E-state index is 0. The summed E-state index contributed by atoms with van der Waals surface area (Å²) >= 11 is 0. The molecular formula is C17H28Cl2N4O3S. The Bertz CT molecular complexity index is 735. The number of nitrogens with one attached hydrogen (secondary N) is 2. The standard InChI is InChI=1S/C17H26N4O3S.2ClH/c1-13(14-11-18-12-14)17(22)19-15-4-3-5-16(10-15)25(23,24)21-8-6-20(2)7-9-21;;/h3-5,10,13-14,18H,6-9,11-12H2,1-2H3,(H,19,22);2*1H. The molecule has 1 aromatic carbocycles. The maximum atomic E-state index is 12.8. The van der Waals surface area contributed by atoms with Crippen LogP contribution in [0.1, 0.15) is 6.92 Å². The molecule has 1 amide bonds. The van der Waals surface area contributed by atoms with Gasteiger partial charge in [0.2, 0.25) is 15.9 Å². The fraction of sp³-hybridized carbons (Fsp3) is 0.588. The smallest absolute Gasteiger partial charge is 0.243 e. The van der Waals surface area contributed by atoms with Gasteiger partial charge in [0.05, 0.1) is 4.90 Å². The zero-order valence-electron chi connectivity index (χ0n) is 15.6. The maximum absolute atomic E-state index is 12.8. The van der Waals surface area contributed by atoms with E-state index in [1.54, 1.807) is 24.3 Å². The first kappa shape index (κ1) is 24.1. The van der Waals surface area contributed by atoms with E-state index in [0.29, 0.717) is 24.7 Å². The molecular weight excluding hydrogens is 411 g/mol. The van der Waals surface area contributed by atoms with Gasteiger partial charge in [0.1, 0.15) is 0 Å². The van der Waals surface area contributed by atoms with E-state index in [2.05, 4.69) is 15.5 Å². The van der Waals surface area contributed by atoms with E-state index >= 15 is 0 Å². The van der Waals surface area contributed by atoms with E-state index in [4.69, 9.17) is 0 Å². The molecule has 1 atom stereocenters. The molecule has 2 saturated heterocycles. The van der Waals surface area contributed by atoms with Gasteiger partial charge < -0.3 is 15.5 Å². The summed E-state index contributed by atoms with van der Waals surface area (Å²) in [5, 5.41) is 6.02. The third kappa shape index (κ3) is 5.56. The van der Waals surface area contributed by atoms with Crippen molar-refractivity contribution in [2.45, 2.75) is 11.8 Å². The van der Waals surface area contributed by atoms with Gasteiger partial charge in [-0.15, -0.1) is 24.8 Å². The second-order valence-corrected chi connectivity index (χ2v) is 8.87. The molecule has 2 aliphatic heterocycles. The first-order valence-corrected chi connectivity index (χ1v) is 10.1. The summed E-state index contributed by atoms with van der Waals surface area (Å²) in [6, 6.07) is 6.54. The first-order chi connectivity index (χ1) is 11.9. The predicted molar refractivity (Wildman–Crippen MR) is 111 cm³/mol. The fourth-order valence-corrected chi connectivity index (χ4v) is 4.52. The molecule has 0 bridgehead atoms. The summed E-state index contributed by atoms with van der Waals surface area (Å²) in [6.45, 7) is 6.04. The number of carbonyl (C=O) groups is 1. The first-order valence-electron chi connectivity index (χ1n) is 8.68. The summed E-state index contributed by atoms with van der Waals surface area (Å²) in [7, 11) is -1.54. The van der Waals surface area contributed by atoms with Crippen LogP contribution >= 0.6 is 24.8 Å². The van der Waals surface area contributed by atoms with E-state index in [-0.39, 0.29) is 41.5 Å².